The van der Waals surface area contributed by atoms with E-state index in [0.717, 1.165) is 57.6 Å². The van der Waals surface area contributed by atoms with Crippen LogP contribution in [0, 0.1) is 5.92 Å². The maximum atomic E-state index is 12.6. The van der Waals surface area contributed by atoms with E-state index in [1.807, 2.05) is 18.2 Å². The van der Waals surface area contributed by atoms with Gasteiger partial charge in [0.1, 0.15) is 6.10 Å². The molecule has 2 aliphatic heterocycles. The van der Waals surface area contributed by atoms with E-state index in [1.165, 1.54) is 0 Å². The van der Waals surface area contributed by atoms with E-state index in [4.69, 9.17) is 9.47 Å². The fourth-order valence-corrected chi connectivity index (χ4v) is 3.65. The normalized spacial score (nSPS) is 22.3. The minimum absolute atomic E-state index is 0.0624. The molecule has 0 aliphatic carbocycles. The minimum atomic E-state index is -0.130. The van der Waals surface area contributed by atoms with E-state index >= 15 is 0 Å². The third kappa shape index (κ3) is 5.27. The van der Waals surface area contributed by atoms with Crippen LogP contribution in [0.5, 0.6) is 0 Å². The third-order valence-electron chi connectivity index (χ3n) is 5.17. The van der Waals surface area contributed by atoms with Gasteiger partial charge in [-0.05, 0) is 51.3 Å². The zero-order valence-electron chi connectivity index (χ0n) is 15.1. The van der Waals surface area contributed by atoms with Crippen LogP contribution in [0.4, 0.5) is 0 Å². The van der Waals surface area contributed by atoms with Gasteiger partial charge in [-0.25, -0.2) is 0 Å². The summed E-state index contributed by atoms with van der Waals surface area (Å²) in [5.41, 5.74) is 1.12. The first kappa shape index (κ1) is 18.4. The minimum Gasteiger partial charge on any atom is -0.381 e. The second-order valence-corrected chi connectivity index (χ2v) is 7.10. The first-order valence-electron chi connectivity index (χ1n) is 9.53. The molecule has 0 bridgehead atoms. The van der Waals surface area contributed by atoms with Gasteiger partial charge in [0, 0.05) is 19.1 Å². The van der Waals surface area contributed by atoms with Gasteiger partial charge in [0.15, 0.2) is 0 Å². The number of ether oxygens (including phenoxy) is 2. The SMILES string of the molecule is CC(NC(=O)C1CCNCC1)C(OC1CCOCC1)c1ccccc1. The number of hydrogen-bond acceptors (Lipinski definition) is 4. The number of carbonyl (C=O) groups excluding carboxylic acids is 1. The fourth-order valence-electron chi connectivity index (χ4n) is 3.65. The predicted octanol–water partition coefficient (Wildman–Crippen LogP) is 2.43. The summed E-state index contributed by atoms with van der Waals surface area (Å²) in [7, 11) is 0. The van der Waals surface area contributed by atoms with Crippen LogP contribution in [0.15, 0.2) is 30.3 Å². The second-order valence-electron chi connectivity index (χ2n) is 7.10. The molecule has 2 saturated heterocycles. The quantitative estimate of drug-likeness (QED) is 0.831. The number of benzene rings is 1. The lowest BCUT2D eigenvalue weighted by Crippen LogP contribution is -2.45. The van der Waals surface area contributed by atoms with E-state index in [-0.39, 0.29) is 30.1 Å². The van der Waals surface area contributed by atoms with Crippen LogP contribution in [0.25, 0.3) is 0 Å². The summed E-state index contributed by atoms with van der Waals surface area (Å²) in [5.74, 6) is 0.272. The fraction of sp³-hybridized carbons (Fsp3) is 0.650. The molecule has 2 unspecified atom stereocenters. The van der Waals surface area contributed by atoms with Gasteiger partial charge in [-0.1, -0.05) is 30.3 Å². The topological polar surface area (TPSA) is 59.6 Å². The Hall–Kier alpha value is -1.43. The molecule has 0 saturated carbocycles. The van der Waals surface area contributed by atoms with Gasteiger partial charge in [0.2, 0.25) is 5.91 Å². The third-order valence-corrected chi connectivity index (χ3v) is 5.17. The van der Waals surface area contributed by atoms with E-state index in [9.17, 15) is 4.79 Å². The Balaban J connectivity index is 1.65. The monoisotopic (exact) mass is 346 g/mol. The molecule has 2 atom stereocenters. The average molecular weight is 346 g/mol. The summed E-state index contributed by atoms with van der Waals surface area (Å²) in [6.07, 6.45) is 3.72. The van der Waals surface area contributed by atoms with Crippen molar-refractivity contribution in [3.63, 3.8) is 0 Å². The maximum Gasteiger partial charge on any atom is 0.223 e. The van der Waals surface area contributed by atoms with Crippen molar-refractivity contribution in [2.75, 3.05) is 26.3 Å². The second kappa shape index (κ2) is 9.32. The van der Waals surface area contributed by atoms with Crippen molar-refractivity contribution in [3.05, 3.63) is 35.9 Å². The Kier molecular flexibility index (Phi) is 6.84. The number of piperidine rings is 1. The molecule has 3 rings (SSSR count). The van der Waals surface area contributed by atoms with Crippen molar-refractivity contribution < 1.29 is 14.3 Å². The molecule has 0 radical (unpaired) electrons. The summed E-state index contributed by atoms with van der Waals surface area (Å²) in [6.45, 7) is 5.40. The van der Waals surface area contributed by atoms with Gasteiger partial charge in [-0.3, -0.25) is 4.79 Å². The summed E-state index contributed by atoms with van der Waals surface area (Å²) in [6, 6.07) is 10.2. The van der Waals surface area contributed by atoms with E-state index in [0.29, 0.717) is 0 Å². The molecule has 2 aliphatic rings. The standard InChI is InChI=1S/C20H30N2O3/c1-15(22-20(23)17-7-11-21-12-8-17)19(16-5-3-2-4-6-16)25-18-9-13-24-14-10-18/h2-6,15,17-19,21H,7-14H2,1H3,(H,22,23). The van der Waals surface area contributed by atoms with Crippen LogP contribution in [-0.2, 0) is 14.3 Å². The molecule has 0 aromatic heterocycles. The summed E-state index contributed by atoms with van der Waals surface area (Å²) < 4.78 is 11.9. The molecule has 2 heterocycles. The number of amides is 1. The smallest absolute Gasteiger partial charge is 0.223 e. The molecule has 1 aromatic rings. The van der Waals surface area contributed by atoms with Crippen molar-refractivity contribution in [2.24, 2.45) is 5.92 Å². The van der Waals surface area contributed by atoms with Gasteiger partial charge in [0.25, 0.3) is 0 Å². The molecule has 2 N–H and O–H groups in total. The van der Waals surface area contributed by atoms with Crippen LogP contribution in [0.1, 0.15) is 44.3 Å². The average Bonchev–Trinajstić information content (AvgIpc) is 2.68. The first-order chi connectivity index (χ1) is 12.2. The molecular weight excluding hydrogens is 316 g/mol. The highest BCUT2D eigenvalue weighted by atomic mass is 16.5. The summed E-state index contributed by atoms with van der Waals surface area (Å²) in [5, 5.41) is 6.52. The molecule has 25 heavy (non-hydrogen) atoms. The zero-order chi connectivity index (χ0) is 17.5. The van der Waals surface area contributed by atoms with Crippen molar-refractivity contribution in [1.82, 2.24) is 10.6 Å². The van der Waals surface area contributed by atoms with E-state index < -0.39 is 0 Å². The van der Waals surface area contributed by atoms with Crippen molar-refractivity contribution in [1.29, 1.82) is 0 Å². The number of hydrogen-bond donors (Lipinski definition) is 2. The lowest BCUT2D eigenvalue weighted by molar-refractivity contribution is -0.129. The van der Waals surface area contributed by atoms with Crippen LogP contribution in [0.3, 0.4) is 0 Å². The first-order valence-corrected chi connectivity index (χ1v) is 9.53. The van der Waals surface area contributed by atoms with Crippen LogP contribution < -0.4 is 10.6 Å². The molecule has 138 valence electrons. The van der Waals surface area contributed by atoms with Gasteiger partial charge >= 0.3 is 0 Å². The molecular formula is C20H30N2O3. The highest BCUT2D eigenvalue weighted by molar-refractivity contribution is 5.79. The molecule has 1 amide bonds. The largest absolute Gasteiger partial charge is 0.381 e. The van der Waals surface area contributed by atoms with Crippen LogP contribution >= 0.6 is 0 Å². The molecule has 5 heteroatoms. The Labute approximate surface area is 150 Å². The Morgan fingerprint density at radius 3 is 2.52 bits per heavy atom. The summed E-state index contributed by atoms with van der Waals surface area (Å²) >= 11 is 0. The van der Waals surface area contributed by atoms with Gasteiger partial charge in [0.05, 0.1) is 12.1 Å². The maximum absolute atomic E-state index is 12.6. The highest BCUT2D eigenvalue weighted by Crippen LogP contribution is 2.27. The van der Waals surface area contributed by atoms with Crippen LogP contribution in [0.2, 0.25) is 0 Å². The van der Waals surface area contributed by atoms with E-state index in [1.54, 1.807) is 0 Å². The van der Waals surface area contributed by atoms with E-state index in [2.05, 4.69) is 29.7 Å². The van der Waals surface area contributed by atoms with Crippen molar-refractivity contribution >= 4 is 5.91 Å². The lowest BCUT2D eigenvalue weighted by Gasteiger charge is -2.33. The van der Waals surface area contributed by atoms with Crippen LogP contribution in [-0.4, -0.2) is 44.4 Å². The Bertz CT molecular complexity index is 525. The number of rotatable bonds is 6. The number of carbonyl (C=O) groups is 1. The van der Waals surface area contributed by atoms with Crippen molar-refractivity contribution in [3.8, 4) is 0 Å². The molecule has 1 aromatic carbocycles. The van der Waals surface area contributed by atoms with Gasteiger partial charge < -0.3 is 20.1 Å². The molecule has 5 nitrogen and oxygen atoms in total. The number of nitrogens with one attached hydrogen (secondary N) is 2. The Morgan fingerprint density at radius 2 is 1.84 bits per heavy atom. The predicted molar refractivity (Wildman–Crippen MR) is 97.3 cm³/mol. The molecule has 0 spiro atoms. The zero-order valence-corrected chi connectivity index (χ0v) is 15.1. The molecule has 2 fully saturated rings. The summed E-state index contributed by atoms with van der Waals surface area (Å²) in [4.78, 5) is 12.6. The highest BCUT2D eigenvalue weighted by Gasteiger charge is 2.29. The Morgan fingerprint density at radius 1 is 1.16 bits per heavy atom. The van der Waals surface area contributed by atoms with Gasteiger partial charge in [-0.2, -0.15) is 0 Å². The van der Waals surface area contributed by atoms with Gasteiger partial charge in [-0.15, -0.1) is 0 Å². The lowest BCUT2D eigenvalue weighted by atomic mass is 9.96. The van der Waals surface area contributed by atoms with Crippen molar-refractivity contribution in [2.45, 2.75) is 50.9 Å².